The van der Waals surface area contributed by atoms with Crippen molar-refractivity contribution in [2.45, 2.75) is 44.6 Å². The van der Waals surface area contributed by atoms with Gasteiger partial charge in [0, 0.05) is 18.2 Å². The summed E-state index contributed by atoms with van der Waals surface area (Å²) in [5.41, 5.74) is 8.63. The average molecular weight is 424 g/mol. The van der Waals surface area contributed by atoms with Crippen LogP contribution in [0.5, 0.6) is 0 Å². The Morgan fingerprint density at radius 1 is 0.968 bits per heavy atom. The highest BCUT2D eigenvalue weighted by Gasteiger charge is 2.27. The zero-order valence-corrected chi connectivity index (χ0v) is 17.9. The van der Waals surface area contributed by atoms with Crippen molar-refractivity contribution < 1.29 is 14.7 Å². The second-order valence-electron chi connectivity index (χ2n) is 8.50. The quantitative estimate of drug-likeness (QED) is 0.470. The topological polar surface area (TPSA) is 104 Å². The predicted octanol–water partition coefficient (Wildman–Crippen LogP) is 3.22. The Morgan fingerprint density at radius 3 is 2.26 bits per heavy atom. The zero-order valence-electron chi connectivity index (χ0n) is 17.9. The SMILES string of the molecule is NCC1CCC(C(=O)N[C@H](CNc2ccc(CC(=O)O)cc2)Cc2ccccc2)CC1. The third kappa shape index (κ3) is 7.40. The fourth-order valence-electron chi connectivity index (χ4n) is 4.21. The van der Waals surface area contributed by atoms with Crippen LogP contribution in [0.15, 0.2) is 54.6 Å². The first-order valence-corrected chi connectivity index (χ1v) is 11.1. The van der Waals surface area contributed by atoms with Crippen LogP contribution in [0.25, 0.3) is 0 Å². The van der Waals surface area contributed by atoms with E-state index in [4.69, 9.17) is 10.8 Å². The van der Waals surface area contributed by atoms with E-state index in [1.165, 1.54) is 5.56 Å². The molecule has 1 amide bonds. The minimum absolute atomic E-state index is 0.0133. The molecule has 166 valence electrons. The molecule has 1 aliphatic rings. The average Bonchev–Trinajstić information content (AvgIpc) is 2.79. The molecule has 0 spiro atoms. The van der Waals surface area contributed by atoms with Gasteiger partial charge in [-0.3, -0.25) is 9.59 Å². The molecule has 0 radical (unpaired) electrons. The summed E-state index contributed by atoms with van der Waals surface area (Å²) in [6, 6.07) is 17.5. The third-order valence-corrected chi connectivity index (χ3v) is 6.08. The van der Waals surface area contributed by atoms with Gasteiger partial charge in [0.25, 0.3) is 0 Å². The van der Waals surface area contributed by atoms with Crippen LogP contribution in [0, 0.1) is 11.8 Å². The molecule has 6 heteroatoms. The van der Waals surface area contributed by atoms with E-state index in [1.807, 2.05) is 42.5 Å². The maximum absolute atomic E-state index is 12.9. The first-order valence-electron chi connectivity index (χ1n) is 11.1. The van der Waals surface area contributed by atoms with Crippen LogP contribution in [0.1, 0.15) is 36.8 Å². The van der Waals surface area contributed by atoms with Crippen LogP contribution in [-0.4, -0.2) is 36.1 Å². The number of carboxylic acid groups (broad SMARTS) is 1. The number of rotatable bonds is 10. The summed E-state index contributed by atoms with van der Waals surface area (Å²) in [6.45, 7) is 1.30. The van der Waals surface area contributed by atoms with Gasteiger partial charge >= 0.3 is 5.97 Å². The molecule has 1 fully saturated rings. The number of carbonyl (C=O) groups is 2. The van der Waals surface area contributed by atoms with Crippen molar-refractivity contribution in [2.24, 2.45) is 17.6 Å². The lowest BCUT2D eigenvalue weighted by molar-refractivity contribution is -0.136. The second kappa shape index (κ2) is 11.5. The summed E-state index contributed by atoms with van der Waals surface area (Å²) in [7, 11) is 0. The Balaban J connectivity index is 1.59. The predicted molar refractivity (Wildman–Crippen MR) is 123 cm³/mol. The highest BCUT2D eigenvalue weighted by atomic mass is 16.4. The van der Waals surface area contributed by atoms with Gasteiger partial charge in [-0.05, 0) is 67.8 Å². The number of hydrogen-bond acceptors (Lipinski definition) is 4. The largest absolute Gasteiger partial charge is 0.481 e. The van der Waals surface area contributed by atoms with Crippen LogP contribution in [0.2, 0.25) is 0 Å². The number of nitrogens with two attached hydrogens (primary N) is 1. The van der Waals surface area contributed by atoms with Crippen LogP contribution < -0.4 is 16.4 Å². The van der Waals surface area contributed by atoms with Gasteiger partial charge in [0.15, 0.2) is 0 Å². The lowest BCUT2D eigenvalue weighted by atomic mass is 9.81. The Labute approximate surface area is 184 Å². The third-order valence-electron chi connectivity index (χ3n) is 6.08. The molecule has 5 N–H and O–H groups in total. The smallest absolute Gasteiger partial charge is 0.307 e. The summed E-state index contributed by atoms with van der Waals surface area (Å²) in [4.78, 5) is 23.8. The van der Waals surface area contributed by atoms with E-state index in [-0.39, 0.29) is 24.3 Å². The van der Waals surface area contributed by atoms with Crippen molar-refractivity contribution in [2.75, 3.05) is 18.4 Å². The van der Waals surface area contributed by atoms with E-state index < -0.39 is 5.97 Å². The Kier molecular flexibility index (Phi) is 8.47. The molecule has 1 saturated carbocycles. The number of benzene rings is 2. The Hall–Kier alpha value is -2.86. The first-order chi connectivity index (χ1) is 15.0. The van der Waals surface area contributed by atoms with Gasteiger partial charge in [0.1, 0.15) is 0 Å². The lowest BCUT2D eigenvalue weighted by Gasteiger charge is -2.29. The van der Waals surface area contributed by atoms with Gasteiger partial charge in [-0.1, -0.05) is 42.5 Å². The van der Waals surface area contributed by atoms with Crippen LogP contribution in [0.3, 0.4) is 0 Å². The van der Waals surface area contributed by atoms with Crippen molar-refractivity contribution in [1.82, 2.24) is 5.32 Å². The maximum atomic E-state index is 12.9. The Bertz CT molecular complexity index is 831. The number of anilines is 1. The molecule has 3 rings (SSSR count). The van der Waals surface area contributed by atoms with E-state index in [0.29, 0.717) is 19.0 Å². The molecule has 0 aliphatic heterocycles. The molecule has 0 heterocycles. The van der Waals surface area contributed by atoms with Gasteiger partial charge in [-0.2, -0.15) is 0 Å². The molecule has 0 unspecified atom stereocenters. The van der Waals surface area contributed by atoms with E-state index in [2.05, 4.69) is 22.8 Å². The van der Waals surface area contributed by atoms with Crippen molar-refractivity contribution in [3.63, 3.8) is 0 Å². The summed E-state index contributed by atoms with van der Waals surface area (Å²) < 4.78 is 0. The highest BCUT2D eigenvalue weighted by Crippen LogP contribution is 2.28. The zero-order chi connectivity index (χ0) is 22.1. The number of hydrogen-bond donors (Lipinski definition) is 4. The first kappa shape index (κ1) is 22.8. The molecule has 2 aromatic rings. The van der Waals surface area contributed by atoms with Crippen LogP contribution in [0.4, 0.5) is 5.69 Å². The molecule has 0 saturated heterocycles. The van der Waals surface area contributed by atoms with E-state index in [0.717, 1.165) is 43.4 Å². The summed E-state index contributed by atoms with van der Waals surface area (Å²) in [6.07, 6.45) is 4.63. The second-order valence-corrected chi connectivity index (χ2v) is 8.50. The van der Waals surface area contributed by atoms with Gasteiger partial charge in [0.2, 0.25) is 5.91 Å². The number of carboxylic acids is 1. The highest BCUT2D eigenvalue weighted by molar-refractivity contribution is 5.79. The molecular weight excluding hydrogens is 390 g/mol. The summed E-state index contributed by atoms with van der Waals surface area (Å²) >= 11 is 0. The summed E-state index contributed by atoms with van der Waals surface area (Å²) in [5, 5.41) is 15.6. The van der Waals surface area contributed by atoms with Crippen LogP contribution >= 0.6 is 0 Å². The van der Waals surface area contributed by atoms with E-state index in [9.17, 15) is 9.59 Å². The normalized spacial score (nSPS) is 19.4. The van der Waals surface area contributed by atoms with Gasteiger partial charge in [-0.15, -0.1) is 0 Å². The number of amides is 1. The molecule has 0 bridgehead atoms. The van der Waals surface area contributed by atoms with Gasteiger partial charge < -0.3 is 21.5 Å². The monoisotopic (exact) mass is 423 g/mol. The van der Waals surface area contributed by atoms with Crippen molar-refractivity contribution in [3.8, 4) is 0 Å². The molecule has 0 aromatic heterocycles. The molecule has 1 aliphatic carbocycles. The Morgan fingerprint density at radius 2 is 1.65 bits per heavy atom. The fraction of sp³-hybridized carbons (Fsp3) is 0.440. The molecular formula is C25H33N3O3. The standard InChI is InChI=1S/C25H33N3O3/c26-16-20-6-10-21(11-7-20)25(31)28-23(14-18-4-2-1-3-5-18)17-27-22-12-8-19(9-13-22)15-24(29)30/h1-5,8-9,12-13,20-21,23,27H,6-7,10-11,14-17,26H2,(H,28,31)(H,29,30)/t20?,21?,23-/m0/s1. The molecule has 1 atom stereocenters. The number of carbonyl (C=O) groups excluding carboxylic acids is 1. The van der Waals surface area contributed by atoms with Crippen LogP contribution in [-0.2, 0) is 22.4 Å². The van der Waals surface area contributed by atoms with E-state index in [1.54, 1.807) is 0 Å². The fourth-order valence-corrected chi connectivity index (χ4v) is 4.21. The van der Waals surface area contributed by atoms with Crippen molar-refractivity contribution in [1.29, 1.82) is 0 Å². The van der Waals surface area contributed by atoms with Crippen molar-refractivity contribution in [3.05, 3.63) is 65.7 Å². The maximum Gasteiger partial charge on any atom is 0.307 e. The number of nitrogens with one attached hydrogen (secondary N) is 2. The van der Waals surface area contributed by atoms with Gasteiger partial charge in [0.05, 0.1) is 12.5 Å². The minimum atomic E-state index is -0.841. The lowest BCUT2D eigenvalue weighted by Crippen LogP contribution is -2.44. The molecule has 31 heavy (non-hydrogen) atoms. The van der Waals surface area contributed by atoms with Crippen molar-refractivity contribution >= 4 is 17.6 Å². The molecule has 6 nitrogen and oxygen atoms in total. The molecule has 2 aromatic carbocycles. The van der Waals surface area contributed by atoms with E-state index >= 15 is 0 Å². The minimum Gasteiger partial charge on any atom is -0.481 e. The summed E-state index contributed by atoms with van der Waals surface area (Å²) in [5.74, 6) is -0.0897. The van der Waals surface area contributed by atoms with Gasteiger partial charge in [-0.25, -0.2) is 0 Å². The number of aliphatic carboxylic acids is 1.